The van der Waals surface area contributed by atoms with Crippen LogP contribution in [0.2, 0.25) is 0 Å². The summed E-state index contributed by atoms with van der Waals surface area (Å²) in [4.78, 5) is 2.36. The minimum atomic E-state index is 0.0995. The molecule has 5 nitrogen and oxygen atoms in total. The number of hydrogen-bond acceptors (Lipinski definition) is 5. The number of aliphatic hydroxyl groups excluding tert-OH is 1. The Morgan fingerprint density at radius 3 is 2.76 bits per heavy atom. The lowest BCUT2D eigenvalue weighted by molar-refractivity contribution is 0.0637. The molecule has 1 heterocycles. The molecule has 102 valence electrons. The van der Waals surface area contributed by atoms with Gasteiger partial charge < -0.3 is 19.9 Å². The summed E-state index contributed by atoms with van der Waals surface area (Å²) in [6, 6.07) is 0.615. The van der Waals surface area contributed by atoms with Gasteiger partial charge in [0.05, 0.1) is 26.4 Å². The second-order valence-corrected chi connectivity index (χ2v) is 4.42. The molecular weight excluding hydrogens is 220 g/mol. The summed E-state index contributed by atoms with van der Waals surface area (Å²) in [6.07, 6.45) is 2.55. The highest BCUT2D eigenvalue weighted by molar-refractivity contribution is 4.77. The van der Waals surface area contributed by atoms with Crippen LogP contribution in [0.5, 0.6) is 0 Å². The maximum absolute atomic E-state index is 8.63. The molecule has 0 spiro atoms. The molecule has 1 aliphatic rings. The lowest BCUT2D eigenvalue weighted by Gasteiger charge is -2.25. The lowest BCUT2D eigenvalue weighted by Crippen LogP contribution is -2.40. The molecule has 17 heavy (non-hydrogen) atoms. The highest BCUT2D eigenvalue weighted by Gasteiger charge is 2.17. The van der Waals surface area contributed by atoms with Crippen LogP contribution in [0.25, 0.3) is 0 Å². The van der Waals surface area contributed by atoms with Gasteiger partial charge in [0.15, 0.2) is 0 Å². The van der Waals surface area contributed by atoms with Gasteiger partial charge in [-0.3, -0.25) is 4.90 Å². The van der Waals surface area contributed by atoms with Crippen molar-refractivity contribution in [3.63, 3.8) is 0 Å². The molecule has 1 atom stereocenters. The average molecular weight is 246 g/mol. The van der Waals surface area contributed by atoms with Gasteiger partial charge in [-0.2, -0.15) is 0 Å². The summed E-state index contributed by atoms with van der Waals surface area (Å²) < 4.78 is 10.4. The summed E-state index contributed by atoms with van der Waals surface area (Å²) in [7, 11) is 1.73. The third kappa shape index (κ3) is 6.95. The fourth-order valence-electron chi connectivity index (χ4n) is 2.10. The second-order valence-electron chi connectivity index (χ2n) is 4.42. The van der Waals surface area contributed by atoms with Gasteiger partial charge in [0, 0.05) is 32.8 Å². The van der Waals surface area contributed by atoms with Crippen LogP contribution in [-0.4, -0.2) is 75.8 Å². The minimum Gasteiger partial charge on any atom is -0.394 e. The minimum absolute atomic E-state index is 0.0995. The fraction of sp³-hybridized carbons (Fsp3) is 1.00. The number of ether oxygens (including phenoxy) is 2. The van der Waals surface area contributed by atoms with Crippen molar-refractivity contribution in [3.05, 3.63) is 0 Å². The van der Waals surface area contributed by atoms with Crippen LogP contribution in [-0.2, 0) is 9.47 Å². The van der Waals surface area contributed by atoms with E-state index in [1.54, 1.807) is 7.11 Å². The highest BCUT2D eigenvalue weighted by atomic mass is 16.5. The first kappa shape index (κ1) is 14.9. The molecule has 0 aromatic rings. The average Bonchev–Trinajstić information content (AvgIpc) is 2.84. The van der Waals surface area contributed by atoms with Gasteiger partial charge in [0.1, 0.15) is 0 Å². The maximum atomic E-state index is 8.63. The molecule has 0 amide bonds. The Kier molecular flexibility index (Phi) is 8.56. The van der Waals surface area contributed by atoms with E-state index < -0.39 is 0 Å². The number of nitrogens with zero attached hydrogens (tertiary/aromatic N) is 1. The Balaban J connectivity index is 2.16. The molecule has 1 fully saturated rings. The van der Waals surface area contributed by atoms with Gasteiger partial charge >= 0.3 is 0 Å². The van der Waals surface area contributed by atoms with Crippen LogP contribution < -0.4 is 5.32 Å². The summed E-state index contributed by atoms with van der Waals surface area (Å²) in [5.41, 5.74) is 0. The smallest absolute Gasteiger partial charge is 0.0698 e. The van der Waals surface area contributed by atoms with Gasteiger partial charge in [-0.05, 0) is 19.4 Å². The van der Waals surface area contributed by atoms with Gasteiger partial charge in [0.25, 0.3) is 0 Å². The molecule has 0 radical (unpaired) electrons. The zero-order chi connectivity index (χ0) is 12.3. The van der Waals surface area contributed by atoms with Crippen LogP contribution in [0.4, 0.5) is 0 Å². The Labute approximate surface area is 104 Å². The number of nitrogens with one attached hydrogen (secondary N) is 1. The van der Waals surface area contributed by atoms with Crippen molar-refractivity contribution in [2.45, 2.75) is 18.9 Å². The molecule has 1 unspecified atom stereocenters. The van der Waals surface area contributed by atoms with Crippen LogP contribution in [0, 0.1) is 0 Å². The number of rotatable bonds is 10. The normalized spacial score (nSPS) is 20.3. The Morgan fingerprint density at radius 2 is 2.12 bits per heavy atom. The summed E-state index contributed by atoms with van der Waals surface area (Å²) >= 11 is 0. The Bertz CT molecular complexity index is 175. The van der Waals surface area contributed by atoms with E-state index in [0.717, 1.165) is 32.8 Å². The maximum Gasteiger partial charge on any atom is 0.0698 e. The monoisotopic (exact) mass is 246 g/mol. The molecule has 0 aromatic heterocycles. The molecule has 0 bridgehead atoms. The van der Waals surface area contributed by atoms with E-state index in [2.05, 4.69) is 10.2 Å². The molecule has 1 aliphatic heterocycles. The van der Waals surface area contributed by atoms with Gasteiger partial charge in [-0.15, -0.1) is 0 Å². The SMILES string of the molecule is COCCN(CCOCCO)CC1CCCN1. The van der Waals surface area contributed by atoms with Crippen LogP contribution in [0.1, 0.15) is 12.8 Å². The first-order valence-corrected chi connectivity index (χ1v) is 6.50. The van der Waals surface area contributed by atoms with E-state index in [-0.39, 0.29) is 6.61 Å². The lowest BCUT2D eigenvalue weighted by atomic mass is 10.2. The van der Waals surface area contributed by atoms with Gasteiger partial charge in [-0.1, -0.05) is 0 Å². The molecule has 5 heteroatoms. The highest BCUT2D eigenvalue weighted by Crippen LogP contribution is 2.06. The van der Waals surface area contributed by atoms with E-state index >= 15 is 0 Å². The first-order valence-electron chi connectivity index (χ1n) is 6.50. The van der Waals surface area contributed by atoms with Crippen LogP contribution in [0.3, 0.4) is 0 Å². The molecule has 0 aliphatic carbocycles. The quantitative estimate of drug-likeness (QED) is 0.518. The van der Waals surface area contributed by atoms with E-state index in [0.29, 0.717) is 19.3 Å². The first-order chi connectivity index (χ1) is 8.36. The van der Waals surface area contributed by atoms with E-state index in [1.165, 1.54) is 12.8 Å². The summed E-state index contributed by atoms with van der Waals surface area (Å²) in [6.45, 7) is 6.01. The van der Waals surface area contributed by atoms with Gasteiger partial charge in [-0.25, -0.2) is 0 Å². The predicted octanol–water partition coefficient (Wildman–Crippen LogP) is -0.304. The third-order valence-electron chi connectivity index (χ3n) is 3.04. The Morgan fingerprint density at radius 1 is 1.29 bits per heavy atom. The molecular formula is C12H26N2O3. The van der Waals surface area contributed by atoms with Crippen LogP contribution in [0.15, 0.2) is 0 Å². The van der Waals surface area contributed by atoms with E-state index in [1.807, 2.05) is 0 Å². The van der Waals surface area contributed by atoms with Crippen molar-refractivity contribution in [2.75, 3.05) is 59.7 Å². The molecule has 0 aromatic carbocycles. The summed E-state index contributed by atoms with van der Waals surface area (Å²) in [5, 5.41) is 12.1. The largest absolute Gasteiger partial charge is 0.394 e. The Hall–Kier alpha value is -0.200. The van der Waals surface area contributed by atoms with Gasteiger partial charge in [0.2, 0.25) is 0 Å². The van der Waals surface area contributed by atoms with Crippen LogP contribution >= 0.6 is 0 Å². The zero-order valence-electron chi connectivity index (χ0n) is 10.9. The van der Waals surface area contributed by atoms with Crippen molar-refractivity contribution in [3.8, 4) is 0 Å². The van der Waals surface area contributed by atoms with E-state index in [9.17, 15) is 0 Å². The van der Waals surface area contributed by atoms with Crippen molar-refractivity contribution >= 4 is 0 Å². The summed E-state index contributed by atoms with van der Waals surface area (Å²) in [5.74, 6) is 0. The molecule has 0 saturated carbocycles. The second kappa shape index (κ2) is 9.79. The third-order valence-corrected chi connectivity index (χ3v) is 3.04. The number of methoxy groups -OCH3 is 1. The number of aliphatic hydroxyl groups is 1. The molecule has 2 N–H and O–H groups in total. The zero-order valence-corrected chi connectivity index (χ0v) is 10.9. The topological polar surface area (TPSA) is 54.0 Å². The van der Waals surface area contributed by atoms with Crippen molar-refractivity contribution in [2.24, 2.45) is 0 Å². The predicted molar refractivity (Wildman–Crippen MR) is 67.2 cm³/mol. The number of hydrogen-bond donors (Lipinski definition) is 2. The fourth-order valence-corrected chi connectivity index (χ4v) is 2.10. The van der Waals surface area contributed by atoms with Crippen molar-refractivity contribution in [1.82, 2.24) is 10.2 Å². The van der Waals surface area contributed by atoms with Crippen molar-refractivity contribution < 1.29 is 14.6 Å². The molecule has 1 rings (SSSR count). The van der Waals surface area contributed by atoms with E-state index in [4.69, 9.17) is 14.6 Å². The van der Waals surface area contributed by atoms with Crippen molar-refractivity contribution in [1.29, 1.82) is 0 Å². The standard InChI is InChI=1S/C12H26N2O3/c1-16-8-5-14(6-9-17-10-7-15)11-12-3-2-4-13-12/h12-13,15H,2-11H2,1H3. The molecule has 1 saturated heterocycles.